The molecule has 0 saturated carbocycles. The molecule has 150 valence electrons. The van der Waals surface area contributed by atoms with Gasteiger partial charge in [0, 0.05) is 42.3 Å². The number of piperazine rings is 1. The number of halogens is 1. The summed E-state index contributed by atoms with van der Waals surface area (Å²) in [5, 5.41) is 4.71. The van der Waals surface area contributed by atoms with Crippen LogP contribution in [0.4, 0.5) is 0 Å². The molecule has 0 spiro atoms. The Hall–Kier alpha value is -2.90. The number of hydrogen-bond acceptors (Lipinski definition) is 6. The smallest absolute Gasteiger partial charge is 0.254 e. The molecule has 1 aliphatic rings. The fourth-order valence-corrected chi connectivity index (χ4v) is 3.40. The topological polar surface area (TPSA) is 71.7 Å². The lowest BCUT2D eigenvalue weighted by molar-refractivity contribution is 0.0615. The molecule has 0 bridgehead atoms. The first kappa shape index (κ1) is 19.4. The van der Waals surface area contributed by atoms with Crippen molar-refractivity contribution in [3.05, 3.63) is 65.0 Å². The van der Waals surface area contributed by atoms with Gasteiger partial charge in [0.1, 0.15) is 5.75 Å². The maximum Gasteiger partial charge on any atom is 0.254 e. The van der Waals surface area contributed by atoms with Crippen molar-refractivity contribution in [3.8, 4) is 17.1 Å². The number of hydrogen-bond donors (Lipinski definition) is 0. The molecule has 4 rings (SSSR count). The summed E-state index contributed by atoms with van der Waals surface area (Å²) in [6, 6.07) is 14.6. The minimum atomic E-state index is 0.0198. The van der Waals surface area contributed by atoms with E-state index in [4.69, 9.17) is 20.9 Å². The summed E-state index contributed by atoms with van der Waals surface area (Å²) < 4.78 is 10.6. The molecule has 8 heteroatoms. The summed E-state index contributed by atoms with van der Waals surface area (Å²) >= 11 is 5.92. The molecule has 0 unspecified atom stereocenters. The first-order chi connectivity index (χ1) is 14.1. The third kappa shape index (κ3) is 4.58. The number of benzene rings is 2. The Kier molecular flexibility index (Phi) is 5.78. The van der Waals surface area contributed by atoms with E-state index in [1.165, 1.54) is 0 Å². The second-order valence-corrected chi connectivity index (χ2v) is 7.26. The Morgan fingerprint density at radius 1 is 1.14 bits per heavy atom. The van der Waals surface area contributed by atoms with E-state index in [1.54, 1.807) is 25.3 Å². The van der Waals surface area contributed by atoms with E-state index in [0.717, 1.165) is 18.7 Å². The first-order valence-corrected chi connectivity index (χ1v) is 9.74. The molecule has 1 saturated heterocycles. The lowest BCUT2D eigenvalue weighted by Gasteiger charge is -2.34. The van der Waals surface area contributed by atoms with E-state index >= 15 is 0 Å². The lowest BCUT2D eigenvalue weighted by Crippen LogP contribution is -2.48. The zero-order valence-corrected chi connectivity index (χ0v) is 16.8. The monoisotopic (exact) mass is 412 g/mol. The standard InChI is InChI=1S/C21H21ClN4O3/c1-28-18-4-2-3-16(13-18)21(27)26-11-9-25(10-12-26)14-19-23-20(24-29-19)15-5-7-17(22)8-6-15/h2-8,13H,9-12,14H2,1H3. The van der Waals surface area contributed by atoms with Crippen LogP contribution in [0.2, 0.25) is 5.02 Å². The van der Waals surface area contributed by atoms with Crippen molar-refractivity contribution in [3.63, 3.8) is 0 Å². The van der Waals surface area contributed by atoms with Crippen LogP contribution in [-0.4, -0.2) is 59.1 Å². The van der Waals surface area contributed by atoms with Gasteiger partial charge in [0.15, 0.2) is 0 Å². The molecule has 1 fully saturated rings. The molecule has 1 aromatic heterocycles. The quantitative estimate of drug-likeness (QED) is 0.640. The highest BCUT2D eigenvalue weighted by atomic mass is 35.5. The molecule has 29 heavy (non-hydrogen) atoms. The van der Waals surface area contributed by atoms with Crippen LogP contribution in [0, 0.1) is 0 Å². The van der Waals surface area contributed by atoms with E-state index in [2.05, 4.69) is 15.0 Å². The van der Waals surface area contributed by atoms with Crippen LogP contribution in [0.15, 0.2) is 53.1 Å². The van der Waals surface area contributed by atoms with E-state index in [0.29, 0.717) is 47.7 Å². The number of methoxy groups -OCH3 is 1. The van der Waals surface area contributed by atoms with Crippen molar-refractivity contribution < 1.29 is 14.1 Å². The number of amides is 1. The number of rotatable bonds is 5. The van der Waals surface area contributed by atoms with Crippen molar-refractivity contribution in [2.24, 2.45) is 0 Å². The fraction of sp³-hybridized carbons (Fsp3) is 0.286. The summed E-state index contributed by atoms with van der Waals surface area (Å²) in [6.45, 7) is 3.34. The van der Waals surface area contributed by atoms with Crippen LogP contribution in [0.25, 0.3) is 11.4 Å². The van der Waals surface area contributed by atoms with Gasteiger partial charge in [0.25, 0.3) is 5.91 Å². The highest BCUT2D eigenvalue weighted by Gasteiger charge is 2.23. The Morgan fingerprint density at radius 2 is 1.90 bits per heavy atom. The second-order valence-electron chi connectivity index (χ2n) is 6.82. The predicted molar refractivity (Wildman–Crippen MR) is 109 cm³/mol. The summed E-state index contributed by atoms with van der Waals surface area (Å²) in [4.78, 5) is 21.2. The molecule has 0 radical (unpaired) electrons. The Balaban J connectivity index is 1.33. The summed E-state index contributed by atoms with van der Waals surface area (Å²) in [6.07, 6.45) is 0. The van der Waals surface area contributed by atoms with Crippen LogP contribution < -0.4 is 4.74 Å². The molecule has 0 N–H and O–H groups in total. The molecular formula is C21H21ClN4O3. The van der Waals surface area contributed by atoms with Crippen molar-refractivity contribution >= 4 is 17.5 Å². The van der Waals surface area contributed by atoms with Gasteiger partial charge < -0.3 is 14.2 Å². The van der Waals surface area contributed by atoms with E-state index in [-0.39, 0.29) is 5.91 Å². The van der Waals surface area contributed by atoms with Crippen molar-refractivity contribution in [2.75, 3.05) is 33.3 Å². The zero-order valence-electron chi connectivity index (χ0n) is 16.0. The third-order valence-corrected chi connectivity index (χ3v) is 5.16. The Morgan fingerprint density at radius 3 is 2.62 bits per heavy atom. The van der Waals surface area contributed by atoms with Gasteiger partial charge in [0.2, 0.25) is 11.7 Å². The Labute approximate surface area is 173 Å². The van der Waals surface area contributed by atoms with E-state index in [9.17, 15) is 4.79 Å². The number of nitrogens with zero attached hydrogens (tertiary/aromatic N) is 4. The SMILES string of the molecule is COc1cccc(C(=O)N2CCN(Cc3nc(-c4ccc(Cl)cc4)no3)CC2)c1. The molecule has 2 aromatic carbocycles. The maximum atomic E-state index is 12.7. The van der Waals surface area contributed by atoms with Gasteiger partial charge in [-0.1, -0.05) is 22.8 Å². The van der Waals surface area contributed by atoms with Gasteiger partial charge in [-0.25, -0.2) is 0 Å². The van der Waals surface area contributed by atoms with Crippen molar-refractivity contribution in [1.82, 2.24) is 19.9 Å². The summed E-state index contributed by atoms with van der Waals surface area (Å²) in [5.41, 5.74) is 1.50. The van der Waals surface area contributed by atoms with Gasteiger partial charge in [-0.15, -0.1) is 0 Å². The first-order valence-electron chi connectivity index (χ1n) is 9.36. The number of carbonyl (C=O) groups is 1. The zero-order chi connectivity index (χ0) is 20.2. The third-order valence-electron chi connectivity index (χ3n) is 4.91. The molecule has 0 atom stereocenters. The number of aromatic nitrogens is 2. The van der Waals surface area contributed by atoms with Gasteiger partial charge in [-0.3, -0.25) is 9.69 Å². The molecule has 1 amide bonds. The predicted octanol–water partition coefficient (Wildman–Crippen LogP) is 3.36. The van der Waals surface area contributed by atoms with Crippen molar-refractivity contribution in [2.45, 2.75) is 6.54 Å². The number of carbonyl (C=O) groups excluding carboxylic acids is 1. The highest BCUT2D eigenvalue weighted by Crippen LogP contribution is 2.20. The second kappa shape index (κ2) is 8.63. The normalized spacial score (nSPS) is 14.8. The maximum absolute atomic E-state index is 12.7. The summed E-state index contributed by atoms with van der Waals surface area (Å²) in [7, 11) is 1.60. The number of ether oxygens (including phenoxy) is 1. The lowest BCUT2D eigenvalue weighted by atomic mass is 10.1. The fourth-order valence-electron chi connectivity index (χ4n) is 3.27. The minimum Gasteiger partial charge on any atom is -0.497 e. The average Bonchev–Trinajstić information content (AvgIpc) is 3.23. The Bertz CT molecular complexity index is 982. The highest BCUT2D eigenvalue weighted by molar-refractivity contribution is 6.30. The molecule has 2 heterocycles. The van der Waals surface area contributed by atoms with E-state index < -0.39 is 0 Å². The largest absolute Gasteiger partial charge is 0.497 e. The van der Waals surface area contributed by atoms with Gasteiger partial charge >= 0.3 is 0 Å². The molecular weight excluding hydrogens is 392 g/mol. The van der Waals surface area contributed by atoms with E-state index in [1.807, 2.05) is 35.2 Å². The van der Waals surface area contributed by atoms with Gasteiger partial charge in [-0.05, 0) is 42.5 Å². The molecule has 7 nitrogen and oxygen atoms in total. The van der Waals surface area contributed by atoms with Gasteiger partial charge in [-0.2, -0.15) is 4.98 Å². The van der Waals surface area contributed by atoms with Crippen LogP contribution in [-0.2, 0) is 6.54 Å². The van der Waals surface area contributed by atoms with Crippen LogP contribution in [0.3, 0.4) is 0 Å². The van der Waals surface area contributed by atoms with Crippen LogP contribution in [0.1, 0.15) is 16.2 Å². The van der Waals surface area contributed by atoms with Crippen LogP contribution in [0.5, 0.6) is 5.75 Å². The average molecular weight is 413 g/mol. The summed E-state index contributed by atoms with van der Waals surface area (Å²) in [5.74, 6) is 1.81. The van der Waals surface area contributed by atoms with Gasteiger partial charge in [0.05, 0.1) is 13.7 Å². The molecule has 0 aliphatic carbocycles. The molecule has 3 aromatic rings. The van der Waals surface area contributed by atoms with Crippen molar-refractivity contribution in [1.29, 1.82) is 0 Å². The molecule has 1 aliphatic heterocycles. The van der Waals surface area contributed by atoms with Crippen LogP contribution >= 0.6 is 11.6 Å². The minimum absolute atomic E-state index is 0.0198.